The first-order valence-electron chi connectivity index (χ1n) is 12.0. The summed E-state index contributed by atoms with van der Waals surface area (Å²) in [6.45, 7) is 18.7. The van der Waals surface area contributed by atoms with Crippen LogP contribution in [0.5, 0.6) is 0 Å². The monoisotopic (exact) mass is 498 g/mol. The molecule has 0 fully saturated rings. The van der Waals surface area contributed by atoms with Crippen LogP contribution in [-0.4, -0.2) is 48.2 Å². The topological polar surface area (TPSA) is 63.2 Å². The van der Waals surface area contributed by atoms with Crippen molar-refractivity contribution in [2.45, 2.75) is 54.6 Å². The molecule has 7 heteroatoms. The molecule has 0 unspecified atom stereocenters. The van der Waals surface area contributed by atoms with E-state index in [9.17, 15) is 0 Å². The van der Waals surface area contributed by atoms with E-state index in [4.69, 9.17) is 14.4 Å². The zero-order chi connectivity index (χ0) is 25.4. The zero-order valence-corrected chi connectivity index (χ0v) is 23.0. The predicted molar refractivity (Wildman–Crippen MR) is 138 cm³/mol. The lowest BCUT2D eigenvalue weighted by molar-refractivity contribution is -0.936. The molecule has 2 aromatic carbocycles. The van der Waals surface area contributed by atoms with Crippen LogP contribution in [0.4, 0.5) is 0 Å². The number of hydrogen-bond acceptors (Lipinski definition) is 3. The zero-order valence-electron chi connectivity index (χ0n) is 21.4. The molecule has 188 valence electrons. The quantitative estimate of drug-likeness (QED) is 0.335. The van der Waals surface area contributed by atoms with Gasteiger partial charge in [0.1, 0.15) is 13.1 Å². The van der Waals surface area contributed by atoms with Gasteiger partial charge in [-0.3, -0.25) is 0 Å². The van der Waals surface area contributed by atoms with E-state index in [2.05, 4.69) is 113 Å². The Hall–Kier alpha value is -1.20. The fourth-order valence-electron chi connectivity index (χ4n) is 3.95. The van der Waals surface area contributed by atoms with Gasteiger partial charge in [-0.05, 0) is 41.5 Å². The third-order valence-electron chi connectivity index (χ3n) is 6.75. The molecule has 0 aliphatic heterocycles. The number of nitrogens with zero attached hydrogens (tertiary/aromatic N) is 2. The number of hydrogen-bond donors (Lipinski definition) is 0. The molecule has 0 saturated carbocycles. The summed E-state index contributed by atoms with van der Waals surface area (Å²) in [7, 11) is 0. The maximum atomic E-state index is 8.87. The van der Waals surface area contributed by atoms with Gasteiger partial charge in [-0.2, -0.15) is 0 Å². The van der Waals surface area contributed by atoms with Crippen molar-refractivity contribution in [3.63, 3.8) is 0 Å². The van der Waals surface area contributed by atoms with E-state index in [1.807, 2.05) is 0 Å². The average Bonchev–Trinajstić information content (AvgIpc) is 2.82. The molecule has 5 nitrogen and oxygen atoms in total. The second-order valence-corrected chi connectivity index (χ2v) is 10.4. The van der Waals surface area contributed by atoms with Crippen LogP contribution in [0.2, 0.25) is 0 Å². The molecule has 0 amide bonds. The number of halogens is 1. The molecule has 0 spiro atoms. The first kappa shape index (κ1) is 31.8. The first-order chi connectivity index (χ1) is 15.5. The van der Waals surface area contributed by atoms with Gasteiger partial charge in [0.05, 0.1) is 39.3 Å². The summed E-state index contributed by atoms with van der Waals surface area (Å²) in [4.78, 5) is 17.7. The molecule has 0 aliphatic carbocycles. The van der Waals surface area contributed by atoms with E-state index in [-0.39, 0.29) is 0 Å². The van der Waals surface area contributed by atoms with Crippen LogP contribution in [0.15, 0.2) is 60.7 Å². The van der Waals surface area contributed by atoms with Gasteiger partial charge in [-0.15, -0.1) is 0 Å². The van der Waals surface area contributed by atoms with Gasteiger partial charge in [0, 0.05) is 18.1 Å². The Morgan fingerprint density at radius 3 is 1.00 bits per heavy atom. The maximum Gasteiger partial charge on any atom is 0.104 e. The Morgan fingerprint density at radius 2 is 0.818 bits per heavy atom. The highest BCUT2D eigenvalue weighted by molar-refractivity contribution is 7.77. The van der Waals surface area contributed by atoms with Gasteiger partial charge in [0.25, 0.3) is 0 Å². The van der Waals surface area contributed by atoms with Crippen LogP contribution in [0, 0.1) is 0 Å². The van der Waals surface area contributed by atoms with Crippen molar-refractivity contribution in [2.75, 3.05) is 39.3 Å². The van der Waals surface area contributed by atoms with Crippen molar-refractivity contribution in [3.05, 3.63) is 71.8 Å². The highest BCUT2D eigenvalue weighted by Gasteiger charge is 2.21. The van der Waals surface area contributed by atoms with Gasteiger partial charge in [-0.1, -0.05) is 71.9 Å². The molecule has 2 rings (SSSR count). The summed E-state index contributed by atoms with van der Waals surface area (Å²) in [6, 6.07) is 21.6. The average molecular weight is 499 g/mol. The van der Waals surface area contributed by atoms with Crippen LogP contribution in [-0.2, 0) is 17.7 Å². The number of rotatable bonds is 10. The summed E-state index contributed by atoms with van der Waals surface area (Å²) in [5.74, 6) is 0. The third kappa shape index (κ3) is 13.9. The molecule has 0 saturated heterocycles. The Kier molecular flexibility index (Phi) is 15.8. The fraction of sp³-hybridized carbons (Fsp3) is 0.538. The van der Waals surface area contributed by atoms with Crippen LogP contribution in [0.25, 0.3) is 0 Å². The lowest BCUT2D eigenvalue weighted by atomic mass is 10.2. The lowest BCUT2D eigenvalue weighted by Gasteiger charge is -2.35. The molecule has 0 N–H and O–H groups in total. The van der Waals surface area contributed by atoms with Crippen molar-refractivity contribution in [3.8, 4) is 0 Å². The SMILES string of the molecule is CC[N+](CC)(CC)Cc1ccccc1.CC[N+](CC)(CC)Cc1ccccc1.O=P([O-])([O-])Cl. The molecule has 33 heavy (non-hydrogen) atoms. The molecule has 0 aromatic heterocycles. The van der Waals surface area contributed by atoms with Gasteiger partial charge < -0.3 is 23.3 Å². The van der Waals surface area contributed by atoms with Gasteiger partial charge in [0.2, 0.25) is 0 Å². The van der Waals surface area contributed by atoms with E-state index in [0.29, 0.717) is 0 Å². The minimum Gasteiger partial charge on any atom is -0.799 e. The highest BCUT2D eigenvalue weighted by Crippen LogP contribution is 2.28. The molecule has 0 atom stereocenters. The smallest absolute Gasteiger partial charge is 0.104 e. The minimum atomic E-state index is -4.67. The Labute approximate surface area is 207 Å². The van der Waals surface area contributed by atoms with Crippen molar-refractivity contribution in [1.82, 2.24) is 0 Å². The first-order valence-corrected chi connectivity index (χ1v) is 14.5. The molecule has 0 radical (unpaired) electrons. The molecular weight excluding hydrogens is 455 g/mol. The van der Waals surface area contributed by atoms with Crippen LogP contribution >= 0.6 is 18.2 Å². The maximum absolute atomic E-state index is 8.87. The van der Waals surface area contributed by atoms with E-state index >= 15 is 0 Å². The van der Waals surface area contributed by atoms with Gasteiger partial charge in [-0.25, -0.2) is 0 Å². The third-order valence-corrected chi connectivity index (χ3v) is 6.75. The van der Waals surface area contributed by atoms with Crippen LogP contribution in [0.3, 0.4) is 0 Å². The van der Waals surface area contributed by atoms with Crippen molar-refractivity contribution in [1.29, 1.82) is 0 Å². The van der Waals surface area contributed by atoms with Crippen molar-refractivity contribution >= 4 is 18.2 Å². The summed E-state index contributed by atoms with van der Waals surface area (Å²) in [6.07, 6.45) is 0. The van der Waals surface area contributed by atoms with Crippen molar-refractivity contribution in [2.24, 2.45) is 0 Å². The lowest BCUT2D eigenvalue weighted by Crippen LogP contribution is -2.46. The molecule has 0 bridgehead atoms. The Bertz CT molecular complexity index is 694. The summed E-state index contributed by atoms with van der Waals surface area (Å²) in [5, 5.41) is 0. The second kappa shape index (κ2) is 16.4. The van der Waals surface area contributed by atoms with Crippen LogP contribution in [0.1, 0.15) is 52.7 Å². The fourth-order valence-corrected chi connectivity index (χ4v) is 3.95. The number of benzene rings is 2. The van der Waals surface area contributed by atoms with Crippen LogP contribution < -0.4 is 9.79 Å². The Morgan fingerprint density at radius 1 is 0.606 bits per heavy atom. The predicted octanol–water partition coefficient (Wildman–Crippen LogP) is 5.18. The van der Waals surface area contributed by atoms with Crippen molar-refractivity contribution < 1.29 is 23.3 Å². The molecule has 0 heterocycles. The number of quaternary nitrogens is 2. The summed E-state index contributed by atoms with van der Waals surface area (Å²) in [5.41, 5.74) is 2.91. The molecule has 0 aliphatic rings. The van der Waals surface area contributed by atoms with E-state index in [1.165, 1.54) is 72.5 Å². The summed E-state index contributed by atoms with van der Waals surface area (Å²) < 4.78 is 11.3. The normalized spacial score (nSPS) is 11.7. The molecular formula is C26H44ClN2O3P. The Balaban J connectivity index is 0.000000517. The van der Waals surface area contributed by atoms with Gasteiger partial charge >= 0.3 is 0 Å². The highest BCUT2D eigenvalue weighted by atomic mass is 35.7. The minimum absolute atomic E-state index is 1.17. The molecule has 2 aromatic rings. The van der Waals surface area contributed by atoms with E-state index in [0.717, 1.165) is 0 Å². The van der Waals surface area contributed by atoms with Gasteiger partial charge in [0.15, 0.2) is 0 Å². The van der Waals surface area contributed by atoms with E-state index in [1.54, 1.807) is 0 Å². The second-order valence-electron chi connectivity index (χ2n) is 8.30. The standard InChI is InChI=1S/2C13H22N.ClH2O3P/c2*1-4-14(5-2,6-3)12-13-10-8-7-9-11-13;1-5(2,3)4/h2*7-11H,4-6,12H2,1-3H3;(H2,2,3,4)/q2*+1;/p-2. The largest absolute Gasteiger partial charge is 0.799 e. The van der Waals surface area contributed by atoms with E-state index < -0.39 is 6.95 Å². The summed E-state index contributed by atoms with van der Waals surface area (Å²) >= 11 is 3.97.